The average Bonchev–Trinajstić information content (AvgIpc) is 2.76. The Morgan fingerprint density at radius 1 is 1.50 bits per heavy atom. The number of urea groups is 1. The number of carbonyl (C=O) groups is 1. The second-order valence-corrected chi connectivity index (χ2v) is 4.87. The molecule has 0 saturated carbocycles. The van der Waals surface area contributed by atoms with Crippen LogP contribution in [0.1, 0.15) is 18.1 Å². The third-order valence-electron chi connectivity index (χ3n) is 3.22. The lowest BCUT2D eigenvalue weighted by atomic mass is 10.1. The first-order valence-corrected chi connectivity index (χ1v) is 6.70. The lowest BCUT2D eigenvalue weighted by Crippen LogP contribution is -2.35. The maximum Gasteiger partial charge on any atom is 0.312 e. The van der Waals surface area contributed by atoms with Gasteiger partial charge < -0.3 is 25.8 Å². The highest BCUT2D eigenvalue weighted by molar-refractivity contribution is 5.71. The van der Waals surface area contributed by atoms with E-state index in [-0.39, 0.29) is 6.10 Å². The van der Waals surface area contributed by atoms with Crippen LogP contribution < -0.4 is 25.8 Å². The molecular formula is C14H21N3O3. The van der Waals surface area contributed by atoms with Crippen LogP contribution in [0.2, 0.25) is 0 Å². The van der Waals surface area contributed by atoms with Crippen molar-refractivity contribution in [3.05, 3.63) is 23.3 Å². The Hall–Kier alpha value is -1.95. The minimum atomic E-state index is -0.510. The molecule has 0 aliphatic carbocycles. The molecule has 0 spiro atoms. The second-order valence-electron chi connectivity index (χ2n) is 4.87. The van der Waals surface area contributed by atoms with Gasteiger partial charge in [0.05, 0.1) is 7.11 Å². The number of nitrogens with one attached hydrogen (secondary N) is 2. The summed E-state index contributed by atoms with van der Waals surface area (Å²) >= 11 is 0. The monoisotopic (exact) mass is 279 g/mol. The molecule has 1 aliphatic heterocycles. The number of primary amides is 1. The summed E-state index contributed by atoms with van der Waals surface area (Å²) in [6.45, 7) is 3.84. The van der Waals surface area contributed by atoms with E-state index in [4.69, 9.17) is 15.2 Å². The largest absolute Gasteiger partial charge is 0.496 e. The van der Waals surface area contributed by atoms with Crippen molar-refractivity contribution in [2.75, 3.05) is 20.2 Å². The van der Waals surface area contributed by atoms with Gasteiger partial charge in [-0.2, -0.15) is 0 Å². The third kappa shape index (κ3) is 3.54. The van der Waals surface area contributed by atoms with Crippen LogP contribution in [0.25, 0.3) is 0 Å². The Balaban J connectivity index is 1.94. The Bertz CT molecular complexity index is 491. The summed E-state index contributed by atoms with van der Waals surface area (Å²) in [6, 6.07) is 3.55. The van der Waals surface area contributed by atoms with Gasteiger partial charge in [-0.15, -0.1) is 0 Å². The fourth-order valence-electron chi connectivity index (χ4n) is 2.31. The van der Waals surface area contributed by atoms with Crippen LogP contribution >= 0.6 is 0 Å². The van der Waals surface area contributed by atoms with E-state index in [9.17, 15) is 4.79 Å². The van der Waals surface area contributed by atoms with E-state index in [1.165, 1.54) is 5.56 Å². The third-order valence-corrected chi connectivity index (χ3v) is 3.22. The molecule has 6 heteroatoms. The second kappa shape index (κ2) is 6.47. The molecule has 1 aromatic carbocycles. The molecule has 110 valence electrons. The van der Waals surface area contributed by atoms with Crippen molar-refractivity contribution in [1.82, 2.24) is 10.6 Å². The van der Waals surface area contributed by atoms with Crippen LogP contribution in [0.5, 0.6) is 11.5 Å². The molecule has 0 radical (unpaired) electrons. The van der Waals surface area contributed by atoms with Gasteiger partial charge in [0, 0.05) is 37.2 Å². The van der Waals surface area contributed by atoms with E-state index in [0.29, 0.717) is 19.6 Å². The summed E-state index contributed by atoms with van der Waals surface area (Å²) in [7, 11) is 1.67. The van der Waals surface area contributed by atoms with Gasteiger partial charge in [-0.1, -0.05) is 0 Å². The van der Waals surface area contributed by atoms with E-state index in [0.717, 1.165) is 23.5 Å². The van der Waals surface area contributed by atoms with E-state index < -0.39 is 6.03 Å². The van der Waals surface area contributed by atoms with Crippen molar-refractivity contribution in [3.63, 3.8) is 0 Å². The Kier molecular flexibility index (Phi) is 4.68. The lowest BCUT2D eigenvalue weighted by Gasteiger charge is -2.12. The average molecular weight is 279 g/mol. The SMILES string of the molecule is COc1cc2c(cc1CNCCNC(N)=O)OC(C)C2. The van der Waals surface area contributed by atoms with Crippen LogP contribution in [0, 0.1) is 0 Å². The smallest absolute Gasteiger partial charge is 0.312 e. The normalized spacial score (nSPS) is 16.4. The van der Waals surface area contributed by atoms with Gasteiger partial charge >= 0.3 is 6.03 Å². The van der Waals surface area contributed by atoms with Gasteiger partial charge in [0.1, 0.15) is 17.6 Å². The zero-order valence-corrected chi connectivity index (χ0v) is 11.9. The van der Waals surface area contributed by atoms with Gasteiger partial charge in [0.15, 0.2) is 0 Å². The minimum absolute atomic E-state index is 0.220. The zero-order valence-electron chi connectivity index (χ0n) is 11.9. The first kappa shape index (κ1) is 14.5. The number of ether oxygens (including phenoxy) is 2. The fraction of sp³-hybridized carbons (Fsp3) is 0.500. The van der Waals surface area contributed by atoms with Crippen LogP contribution in [-0.2, 0) is 13.0 Å². The van der Waals surface area contributed by atoms with Crippen LogP contribution in [0.15, 0.2) is 12.1 Å². The van der Waals surface area contributed by atoms with Crippen LogP contribution in [0.3, 0.4) is 0 Å². The maximum absolute atomic E-state index is 10.5. The van der Waals surface area contributed by atoms with Gasteiger partial charge in [-0.3, -0.25) is 0 Å². The van der Waals surface area contributed by atoms with E-state index in [1.807, 2.05) is 12.1 Å². The van der Waals surface area contributed by atoms with Crippen molar-refractivity contribution in [2.45, 2.75) is 26.0 Å². The molecule has 1 atom stereocenters. The lowest BCUT2D eigenvalue weighted by molar-refractivity contribution is 0.249. The maximum atomic E-state index is 10.5. The Morgan fingerprint density at radius 3 is 3.00 bits per heavy atom. The Labute approximate surface area is 118 Å². The standard InChI is InChI=1S/C14H21N3O3/c1-9-5-10-6-12(19-2)11(7-13(10)20-9)8-16-3-4-17-14(15)18/h6-7,9,16H,3-5,8H2,1-2H3,(H3,15,17,18). The number of hydrogen-bond donors (Lipinski definition) is 3. The quantitative estimate of drug-likeness (QED) is 0.672. The minimum Gasteiger partial charge on any atom is -0.496 e. The molecule has 4 N–H and O–H groups in total. The number of carbonyl (C=O) groups excluding carboxylic acids is 1. The van der Waals surface area contributed by atoms with Gasteiger partial charge in [-0.05, 0) is 19.1 Å². The summed E-state index contributed by atoms with van der Waals surface area (Å²) < 4.78 is 11.2. The van der Waals surface area contributed by atoms with Crippen molar-refractivity contribution in [2.24, 2.45) is 5.73 Å². The molecular weight excluding hydrogens is 258 g/mol. The number of amides is 2. The summed E-state index contributed by atoms with van der Waals surface area (Å²) in [5, 5.41) is 5.76. The van der Waals surface area contributed by atoms with Crippen molar-refractivity contribution < 1.29 is 14.3 Å². The first-order chi connectivity index (χ1) is 9.60. The van der Waals surface area contributed by atoms with E-state index in [2.05, 4.69) is 17.6 Å². The summed E-state index contributed by atoms with van der Waals surface area (Å²) in [5.74, 6) is 1.79. The van der Waals surface area contributed by atoms with Gasteiger partial charge in [0.2, 0.25) is 0 Å². The molecule has 1 aromatic rings. The van der Waals surface area contributed by atoms with Gasteiger partial charge in [0.25, 0.3) is 0 Å². The number of fused-ring (bicyclic) bond motifs is 1. The molecule has 2 amide bonds. The van der Waals surface area contributed by atoms with Crippen LogP contribution in [-0.4, -0.2) is 32.3 Å². The summed E-state index contributed by atoms with van der Waals surface area (Å²) in [4.78, 5) is 10.5. The summed E-state index contributed by atoms with van der Waals surface area (Å²) in [6.07, 6.45) is 1.14. The van der Waals surface area contributed by atoms with Crippen molar-refractivity contribution >= 4 is 6.03 Å². The molecule has 20 heavy (non-hydrogen) atoms. The first-order valence-electron chi connectivity index (χ1n) is 6.70. The zero-order chi connectivity index (χ0) is 14.5. The number of rotatable bonds is 6. The van der Waals surface area contributed by atoms with Crippen molar-refractivity contribution in [3.8, 4) is 11.5 Å². The number of hydrogen-bond acceptors (Lipinski definition) is 4. The molecule has 1 unspecified atom stereocenters. The predicted molar refractivity (Wildman–Crippen MR) is 76.1 cm³/mol. The van der Waals surface area contributed by atoms with E-state index >= 15 is 0 Å². The van der Waals surface area contributed by atoms with Crippen LogP contribution in [0.4, 0.5) is 4.79 Å². The fourth-order valence-corrected chi connectivity index (χ4v) is 2.31. The number of nitrogens with two attached hydrogens (primary N) is 1. The number of benzene rings is 1. The summed E-state index contributed by atoms with van der Waals surface area (Å²) in [5.41, 5.74) is 7.22. The molecule has 0 fully saturated rings. The number of methoxy groups -OCH3 is 1. The highest BCUT2D eigenvalue weighted by Gasteiger charge is 2.21. The topological polar surface area (TPSA) is 85.6 Å². The molecule has 6 nitrogen and oxygen atoms in total. The molecule has 2 rings (SSSR count). The predicted octanol–water partition coefficient (Wildman–Crippen LogP) is 0.776. The highest BCUT2D eigenvalue weighted by atomic mass is 16.5. The highest BCUT2D eigenvalue weighted by Crippen LogP contribution is 2.34. The van der Waals surface area contributed by atoms with Crippen molar-refractivity contribution in [1.29, 1.82) is 0 Å². The Morgan fingerprint density at radius 2 is 2.30 bits per heavy atom. The molecule has 0 bridgehead atoms. The van der Waals surface area contributed by atoms with E-state index in [1.54, 1.807) is 7.11 Å². The molecule has 1 heterocycles. The van der Waals surface area contributed by atoms with Gasteiger partial charge in [-0.25, -0.2) is 4.79 Å². The molecule has 1 aliphatic rings. The molecule has 0 aromatic heterocycles. The molecule has 0 saturated heterocycles.